The number of nitrogen functional groups attached to an aromatic ring is 1. The first-order chi connectivity index (χ1) is 5.66. The van der Waals surface area contributed by atoms with Crippen LogP contribution in [0.5, 0.6) is 0 Å². The monoisotopic (exact) mass is 203 g/mol. The number of amidine groups is 1. The number of rotatable bonds is 2. The molecule has 1 aromatic rings. The first-order valence-electron chi connectivity index (χ1n) is 3.47. The Balaban J connectivity index is 0.00000144. The van der Waals surface area contributed by atoms with Crippen LogP contribution in [-0.2, 0) is 0 Å². The van der Waals surface area contributed by atoms with Gasteiger partial charge in [0.1, 0.15) is 11.7 Å². The van der Waals surface area contributed by atoms with Crippen LogP contribution in [0.4, 0.5) is 10.1 Å². The first kappa shape index (κ1) is 11.7. The lowest BCUT2D eigenvalue weighted by Crippen LogP contribution is -2.15. The molecule has 0 bridgehead atoms. The van der Waals surface area contributed by atoms with Crippen molar-refractivity contribution in [2.24, 2.45) is 5.73 Å². The van der Waals surface area contributed by atoms with Crippen molar-refractivity contribution in [2.75, 3.05) is 12.4 Å². The molecule has 0 fully saturated rings. The summed E-state index contributed by atoms with van der Waals surface area (Å²) in [5.74, 6) is -0.744. The van der Waals surface area contributed by atoms with Crippen molar-refractivity contribution < 1.29 is 4.39 Å². The third-order valence-corrected chi connectivity index (χ3v) is 1.55. The molecule has 13 heavy (non-hydrogen) atoms. The van der Waals surface area contributed by atoms with E-state index in [0.717, 1.165) is 0 Å². The maximum Gasteiger partial charge on any atom is 0.136 e. The van der Waals surface area contributed by atoms with E-state index in [1.54, 1.807) is 19.2 Å². The molecule has 5 heteroatoms. The molecule has 72 valence electrons. The molecule has 1 aromatic carbocycles. The Bertz CT molecular complexity index is 314. The van der Waals surface area contributed by atoms with Crippen LogP contribution in [0.2, 0.25) is 0 Å². The third-order valence-electron chi connectivity index (χ3n) is 1.55. The van der Waals surface area contributed by atoms with Crippen LogP contribution in [0.1, 0.15) is 5.56 Å². The van der Waals surface area contributed by atoms with Crippen molar-refractivity contribution in [2.45, 2.75) is 0 Å². The fourth-order valence-corrected chi connectivity index (χ4v) is 1.01. The predicted molar refractivity (Wildman–Crippen MR) is 54.2 cm³/mol. The molecule has 0 amide bonds. The van der Waals surface area contributed by atoms with Crippen LogP contribution in [0, 0.1) is 11.2 Å². The Hall–Kier alpha value is -1.29. The number of hydrogen-bond acceptors (Lipinski definition) is 2. The van der Waals surface area contributed by atoms with Gasteiger partial charge in [-0.25, -0.2) is 4.39 Å². The molecule has 4 N–H and O–H groups in total. The van der Waals surface area contributed by atoms with E-state index < -0.39 is 5.82 Å². The highest BCUT2D eigenvalue weighted by atomic mass is 35.5. The van der Waals surface area contributed by atoms with E-state index in [2.05, 4.69) is 5.32 Å². The first-order valence-corrected chi connectivity index (χ1v) is 3.47. The number of anilines is 1. The van der Waals surface area contributed by atoms with E-state index >= 15 is 0 Å². The van der Waals surface area contributed by atoms with E-state index in [1.807, 2.05) is 0 Å². The molecule has 0 aromatic heterocycles. The molecule has 0 atom stereocenters. The minimum Gasteiger partial charge on any atom is -0.387 e. The molecule has 3 nitrogen and oxygen atoms in total. The summed E-state index contributed by atoms with van der Waals surface area (Å²) in [4.78, 5) is 0. The molecule has 1 rings (SSSR count). The Labute approximate surface area is 82.1 Å². The van der Waals surface area contributed by atoms with Gasteiger partial charge in [-0.1, -0.05) is 6.07 Å². The number of hydrogen-bond donors (Lipinski definition) is 3. The second-order valence-electron chi connectivity index (χ2n) is 2.33. The van der Waals surface area contributed by atoms with Crippen LogP contribution < -0.4 is 11.1 Å². The van der Waals surface area contributed by atoms with Crippen LogP contribution in [-0.4, -0.2) is 12.9 Å². The lowest BCUT2D eigenvalue weighted by Gasteiger charge is -2.07. The Morgan fingerprint density at radius 2 is 2.15 bits per heavy atom. The molecule has 0 aliphatic heterocycles. The van der Waals surface area contributed by atoms with Crippen molar-refractivity contribution in [3.05, 3.63) is 29.6 Å². The highest BCUT2D eigenvalue weighted by Crippen LogP contribution is 2.17. The zero-order valence-electron chi connectivity index (χ0n) is 7.10. The van der Waals surface area contributed by atoms with Crippen LogP contribution >= 0.6 is 12.4 Å². The van der Waals surface area contributed by atoms with E-state index in [0.29, 0.717) is 5.69 Å². The summed E-state index contributed by atoms with van der Waals surface area (Å²) >= 11 is 0. The number of nitrogens with one attached hydrogen (secondary N) is 2. The van der Waals surface area contributed by atoms with Crippen molar-refractivity contribution in [1.29, 1.82) is 5.41 Å². The summed E-state index contributed by atoms with van der Waals surface area (Å²) in [6.07, 6.45) is 0. The van der Waals surface area contributed by atoms with E-state index in [1.165, 1.54) is 6.07 Å². The zero-order chi connectivity index (χ0) is 9.14. The van der Waals surface area contributed by atoms with Gasteiger partial charge in [0.25, 0.3) is 0 Å². The minimum atomic E-state index is -0.477. The van der Waals surface area contributed by atoms with Crippen LogP contribution in [0.3, 0.4) is 0 Å². The molecule has 0 saturated carbocycles. The molecule has 0 spiro atoms. The number of benzene rings is 1. The van der Waals surface area contributed by atoms with Gasteiger partial charge in [-0.05, 0) is 12.1 Å². The van der Waals surface area contributed by atoms with Gasteiger partial charge in [-0.2, -0.15) is 0 Å². The summed E-state index contributed by atoms with van der Waals surface area (Å²) < 4.78 is 13.0. The van der Waals surface area contributed by atoms with Gasteiger partial charge in [0, 0.05) is 12.7 Å². The van der Waals surface area contributed by atoms with Gasteiger partial charge in [0.05, 0.1) is 5.56 Å². The topological polar surface area (TPSA) is 61.9 Å². The van der Waals surface area contributed by atoms with Gasteiger partial charge in [0.2, 0.25) is 0 Å². The second-order valence-corrected chi connectivity index (χ2v) is 2.33. The SMILES string of the molecule is CNc1cccc(F)c1C(=N)N.Cl. The van der Waals surface area contributed by atoms with Gasteiger partial charge in [0.15, 0.2) is 0 Å². The van der Waals surface area contributed by atoms with Gasteiger partial charge in [-0.3, -0.25) is 5.41 Å². The fraction of sp³-hybridized carbons (Fsp3) is 0.125. The second kappa shape index (κ2) is 4.67. The molecular formula is C8H11ClFN3. The highest BCUT2D eigenvalue weighted by molar-refractivity contribution is 6.00. The quantitative estimate of drug-likeness (QED) is 0.505. The maximum absolute atomic E-state index is 13.0. The molecule has 0 heterocycles. The standard InChI is InChI=1S/C8H10FN3.ClH/c1-12-6-4-2-3-5(9)7(6)8(10)11;/h2-4,12H,1H3,(H3,10,11);1H. The van der Waals surface area contributed by atoms with E-state index in [9.17, 15) is 4.39 Å². The summed E-state index contributed by atoms with van der Waals surface area (Å²) in [5, 5.41) is 9.88. The van der Waals surface area contributed by atoms with E-state index in [4.69, 9.17) is 11.1 Å². The van der Waals surface area contributed by atoms with Crippen molar-refractivity contribution in [3.8, 4) is 0 Å². The summed E-state index contributed by atoms with van der Waals surface area (Å²) in [5.41, 5.74) is 5.85. The van der Waals surface area contributed by atoms with Crippen LogP contribution in [0.25, 0.3) is 0 Å². The number of nitrogens with two attached hydrogens (primary N) is 1. The Morgan fingerprint density at radius 1 is 1.54 bits per heavy atom. The average molecular weight is 204 g/mol. The summed E-state index contributed by atoms with van der Waals surface area (Å²) in [6.45, 7) is 0. The Kier molecular flexibility index (Phi) is 4.20. The van der Waals surface area contributed by atoms with Gasteiger partial charge < -0.3 is 11.1 Å². The number of halogens is 2. The fourth-order valence-electron chi connectivity index (χ4n) is 1.01. The lowest BCUT2D eigenvalue weighted by molar-refractivity contribution is 0.625. The molecule has 0 aliphatic rings. The van der Waals surface area contributed by atoms with Gasteiger partial charge >= 0.3 is 0 Å². The lowest BCUT2D eigenvalue weighted by atomic mass is 10.1. The highest BCUT2D eigenvalue weighted by Gasteiger charge is 2.08. The normalized spacial score (nSPS) is 8.77. The largest absolute Gasteiger partial charge is 0.387 e. The molecule has 0 unspecified atom stereocenters. The average Bonchev–Trinajstić information content (AvgIpc) is 2.03. The van der Waals surface area contributed by atoms with Crippen LogP contribution in [0.15, 0.2) is 18.2 Å². The smallest absolute Gasteiger partial charge is 0.136 e. The summed E-state index contributed by atoms with van der Waals surface area (Å²) in [7, 11) is 1.65. The third kappa shape index (κ3) is 2.32. The molecule has 0 radical (unpaired) electrons. The van der Waals surface area contributed by atoms with Gasteiger partial charge in [-0.15, -0.1) is 12.4 Å². The van der Waals surface area contributed by atoms with Crippen molar-refractivity contribution >= 4 is 23.9 Å². The maximum atomic E-state index is 13.0. The Morgan fingerprint density at radius 3 is 2.54 bits per heavy atom. The van der Waals surface area contributed by atoms with Crippen molar-refractivity contribution in [1.82, 2.24) is 0 Å². The summed E-state index contributed by atoms with van der Waals surface area (Å²) in [6, 6.07) is 4.50. The van der Waals surface area contributed by atoms with Crippen molar-refractivity contribution in [3.63, 3.8) is 0 Å². The molecular weight excluding hydrogens is 193 g/mol. The molecule has 0 aliphatic carbocycles. The van der Waals surface area contributed by atoms with E-state index in [-0.39, 0.29) is 23.8 Å². The predicted octanol–water partition coefficient (Wildman–Crippen LogP) is 1.57. The minimum absolute atomic E-state index is 0. The molecule has 0 saturated heterocycles. The zero-order valence-corrected chi connectivity index (χ0v) is 7.91.